The van der Waals surface area contributed by atoms with Crippen LogP contribution in [0.4, 0.5) is 5.69 Å². The van der Waals surface area contributed by atoms with E-state index in [1.165, 1.54) is 16.8 Å². The number of hydrogen-bond acceptors (Lipinski definition) is 4. The lowest BCUT2D eigenvalue weighted by molar-refractivity contribution is 0.0763. The summed E-state index contributed by atoms with van der Waals surface area (Å²) in [6.45, 7) is 5.76. The molecule has 0 aliphatic carbocycles. The van der Waals surface area contributed by atoms with Crippen molar-refractivity contribution in [1.29, 1.82) is 0 Å². The average Bonchev–Trinajstić information content (AvgIpc) is 2.96. The van der Waals surface area contributed by atoms with Crippen LogP contribution in [0.1, 0.15) is 21.5 Å². The van der Waals surface area contributed by atoms with Crippen molar-refractivity contribution in [2.45, 2.75) is 12.8 Å². The van der Waals surface area contributed by atoms with Crippen LogP contribution in [0.15, 0.2) is 42.5 Å². The van der Waals surface area contributed by atoms with Gasteiger partial charge in [-0.25, -0.2) is 0 Å². The molecular weight excluding hydrogens is 350 g/mol. The number of fused-ring (bicyclic) bond motifs is 1. The smallest absolute Gasteiger partial charge is 0.253 e. The van der Waals surface area contributed by atoms with Gasteiger partial charge in [-0.1, -0.05) is 6.07 Å². The molecule has 0 unspecified atom stereocenters. The van der Waals surface area contributed by atoms with Crippen molar-refractivity contribution in [3.8, 4) is 5.75 Å². The van der Waals surface area contributed by atoms with Gasteiger partial charge >= 0.3 is 0 Å². The number of rotatable bonds is 3. The van der Waals surface area contributed by atoms with Gasteiger partial charge in [0.15, 0.2) is 0 Å². The molecule has 2 aromatic rings. The number of amides is 1. The van der Waals surface area contributed by atoms with E-state index in [4.69, 9.17) is 4.74 Å². The van der Waals surface area contributed by atoms with E-state index < -0.39 is 0 Å². The monoisotopic (exact) mass is 379 g/mol. The molecule has 148 valence electrons. The van der Waals surface area contributed by atoms with E-state index in [1.54, 1.807) is 7.11 Å². The summed E-state index contributed by atoms with van der Waals surface area (Å²) in [6, 6.07) is 14.4. The lowest BCUT2D eigenvalue weighted by Crippen LogP contribution is -2.44. The number of ether oxygens (including phenoxy) is 1. The molecule has 0 aromatic heterocycles. The van der Waals surface area contributed by atoms with Crippen molar-refractivity contribution in [2.24, 2.45) is 0 Å². The van der Waals surface area contributed by atoms with E-state index in [0.29, 0.717) is 0 Å². The van der Waals surface area contributed by atoms with Gasteiger partial charge in [0.1, 0.15) is 5.75 Å². The topological polar surface area (TPSA) is 36.0 Å². The van der Waals surface area contributed by atoms with Crippen LogP contribution < -0.4 is 9.64 Å². The van der Waals surface area contributed by atoms with Crippen LogP contribution >= 0.6 is 0 Å². The lowest BCUT2D eigenvalue weighted by atomic mass is 10.0. The van der Waals surface area contributed by atoms with E-state index in [2.05, 4.69) is 41.1 Å². The molecular formula is C23H29N3O2. The Kier molecular flexibility index (Phi) is 5.53. The number of benzene rings is 2. The SMILES string of the molecule is COc1ccc2c(c1)CCN(C(=O)c1ccc(N3CCN(C)CC3)cc1)CC2. The van der Waals surface area contributed by atoms with Gasteiger partial charge in [0.25, 0.3) is 5.91 Å². The van der Waals surface area contributed by atoms with Gasteiger partial charge in [0.2, 0.25) is 0 Å². The first-order valence-electron chi connectivity index (χ1n) is 10.1. The van der Waals surface area contributed by atoms with Crippen LogP contribution in [0.25, 0.3) is 0 Å². The van der Waals surface area contributed by atoms with Crippen LogP contribution in [0.5, 0.6) is 5.75 Å². The molecule has 4 rings (SSSR count). The standard InChI is InChI=1S/C23H29N3O2/c1-24-13-15-25(16-14-24)21-6-3-19(4-7-21)23(27)26-11-9-18-5-8-22(28-2)17-20(18)10-12-26/h3-8,17H,9-16H2,1-2H3. The first-order valence-corrected chi connectivity index (χ1v) is 10.1. The molecule has 2 aliphatic heterocycles. The molecule has 0 spiro atoms. The summed E-state index contributed by atoms with van der Waals surface area (Å²) in [7, 11) is 3.86. The third-order valence-electron chi connectivity index (χ3n) is 5.99. The maximum absolute atomic E-state index is 13.0. The molecule has 2 aromatic carbocycles. The van der Waals surface area contributed by atoms with Crippen molar-refractivity contribution in [1.82, 2.24) is 9.80 Å². The van der Waals surface area contributed by atoms with E-state index >= 15 is 0 Å². The second-order valence-corrected chi connectivity index (χ2v) is 7.76. The van der Waals surface area contributed by atoms with Crippen molar-refractivity contribution < 1.29 is 9.53 Å². The number of hydrogen-bond donors (Lipinski definition) is 0. The van der Waals surface area contributed by atoms with Gasteiger partial charge in [-0.05, 0) is 67.4 Å². The molecule has 0 saturated carbocycles. The Morgan fingerprint density at radius 1 is 0.857 bits per heavy atom. The largest absolute Gasteiger partial charge is 0.497 e. The molecule has 2 aliphatic rings. The predicted octanol–water partition coefficient (Wildman–Crippen LogP) is 2.69. The number of likely N-dealkylation sites (N-methyl/N-ethyl adjacent to an activating group) is 1. The average molecular weight is 380 g/mol. The van der Waals surface area contributed by atoms with E-state index in [0.717, 1.165) is 63.4 Å². The molecule has 2 heterocycles. The van der Waals surface area contributed by atoms with Gasteiger partial charge in [0, 0.05) is 50.5 Å². The second kappa shape index (κ2) is 8.23. The predicted molar refractivity (Wildman–Crippen MR) is 112 cm³/mol. The minimum Gasteiger partial charge on any atom is -0.497 e. The number of piperazine rings is 1. The molecule has 1 amide bonds. The molecule has 28 heavy (non-hydrogen) atoms. The summed E-state index contributed by atoms with van der Waals surface area (Å²) in [4.78, 5) is 19.8. The zero-order valence-electron chi connectivity index (χ0n) is 16.9. The van der Waals surface area contributed by atoms with Gasteiger partial charge in [-0.3, -0.25) is 4.79 Å². The Bertz CT molecular complexity index is 826. The maximum Gasteiger partial charge on any atom is 0.253 e. The highest BCUT2D eigenvalue weighted by atomic mass is 16.5. The minimum atomic E-state index is 0.129. The lowest BCUT2D eigenvalue weighted by Gasteiger charge is -2.34. The maximum atomic E-state index is 13.0. The summed E-state index contributed by atoms with van der Waals surface area (Å²) >= 11 is 0. The Balaban J connectivity index is 1.42. The Hall–Kier alpha value is -2.53. The van der Waals surface area contributed by atoms with Crippen molar-refractivity contribution in [3.05, 3.63) is 59.2 Å². The Morgan fingerprint density at radius 3 is 2.21 bits per heavy atom. The van der Waals surface area contributed by atoms with E-state index in [9.17, 15) is 4.79 Å². The number of carbonyl (C=O) groups excluding carboxylic acids is 1. The quantitative estimate of drug-likeness (QED) is 0.822. The van der Waals surface area contributed by atoms with Crippen LogP contribution in [-0.2, 0) is 12.8 Å². The first-order chi connectivity index (χ1) is 13.6. The third-order valence-corrected chi connectivity index (χ3v) is 5.99. The van der Waals surface area contributed by atoms with Gasteiger partial charge < -0.3 is 19.4 Å². The van der Waals surface area contributed by atoms with Gasteiger partial charge in [-0.2, -0.15) is 0 Å². The van der Waals surface area contributed by atoms with Crippen molar-refractivity contribution >= 4 is 11.6 Å². The van der Waals surface area contributed by atoms with Crippen molar-refractivity contribution in [3.63, 3.8) is 0 Å². The molecule has 1 fully saturated rings. The van der Waals surface area contributed by atoms with Gasteiger partial charge in [0.05, 0.1) is 7.11 Å². The first kappa shape index (κ1) is 18.8. The van der Waals surface area contributed by atoms with Crippen LogP contribution in [-0.4, -0.2) is 69.1 Å². The summed E-state index contributed by atoms with van der Waals surface area (Å²) in [5.74, 6) is 1.02. The minimum absolute atomic E-state index is 0.129. The molecule has 0 radical (unpaired) electrons. The van der Waals surface area contributed by atoms with Crippen LogP contribution in [0.3, 0.4) is 0 Å². The summed E-state index contributed by atoms with van der Waals surface area (Å²) in [5, 5.41) is 0. The van der Waals surface area contributed by atoms with Crippen LogP contribution in [0.2, 0.25) is 0 Å². The Morgan fingerprint density at radius 2 is 1.54 bits per heavy atom. The molecule has 5 heteroatoms. The summed E-state index contributed by atoms with van der Waals surface area (Å²) in [5.41, 5.74) is 4.60. The zero-order valence-corrected chi connectivity index (χ0v) is 16.9. The summed E-state index contributed by atoms with van der Waals surface area (Å²) < 4.78 is 5.34. The fraction of sp³-hybridized carbons (Fsp3) is 0.435. The number of methoxy groups -OCH3 is 1. The van der Waals surface area contributed by atoms with E-state index in [1.807, 2.05) is 23.1 Å². The normalized spacial score (nSPS) is 17.8. The van der Waals surface area contributed by atoms with E-state index in [-0.39, 0.29) is 5.91 Å². The molecule has 5 nitrogen and oxygen atoms in total. The fourth-order valence-electron chi connectivity index (χ4n) is 4.09. The number of nitrogens with zero attached hydrogens (tertiary/aromatic N) is 3. The van der Waals surface area contributed by atoms with Crippen LogP contribution in [0, 0.1) is 0 Å². The zero-order chi connectivity index (χ0) is 19.5. The Labute approximate surface area is 167 Å². The van der Waals surface area contributed by atoms with Gasteiger partial charge in [-0.15, -0.1) is 0 Å². The molecule has 0 bridgehead atoms. The highest BCUT2D eigenvalue weighted by molar-refractivity contribution is 5.94. The van der Waals surface area contributed by atoms with Crippen molar-refractivity contribution in [2.75, 3.05) is 58.3 Å². The third kappa shape index (κ3) is 3.99. The highest BCUT2D eigenvalue weighted by Gasteiger charge is 2.21. The molecule has 1 saturated heterocycles. The molecule has 0 N–H and O–H groups in total. The summed E-state index contributed by atoms with van der Waals surface area (Å²) in [6.07, 6.45) is 1.77. The molecule has 0 atom stereocenters. The number of carbonyl (C=O) groups is 1. The number of anilines is 1. The highest BCUT2D eigenvalue weighted by Crippen LogP contribution is 2.23. The second-order valence-electron chi connectivity index (χ2n) is 7.76. The fourth-order valence-corrected chi connectivity index (χ4v) is 4.09.